The lowest BCUT2D eigenvalue weighted by Crippen LogP contribution is -2.23. The molecule has 31 heavy (non-hydrogen) atoms. The van der Waals surface area contributed by atoms with E-state index in [0.29, 0.717) is 40.5 Å². The first-order valence-corrected chi connectivity index (χ1v) is 9.66. The Labute approximate surface area is 177 Å². The molecule has 0 saturated carbocycles. The molecule has 154 valence electrons. The van der Waals surface area contributed by atoms with Gasteiger partial charge in [0.2, 0.25) is 12.7 Å². The van der Waals surface area contributed by atoms with Gasteiger partial charge in [-0.05, 0) is 42.0 Å². The average molecular weight is 416 g/mol. The number of nitrogens with one attached hydrogen (secondary N) is 1. The van der Waals surface area contributed by atoms with Crippen molar-refractivity contribution >= 4 is 5.91 Å². The largest absolute Gasteiger partial charge is 0.454 e. The third-order valence-electron chi connectivity index (χ3n) is 4.94. The topological polar surface area (TPSA) is 73.6 Å². The summed E-state index contributed by atoms with van der Waals surface area (Å²) >= 11 is 0. The van der Waals surface area contributed by atoms with E-state index >= 15 is 0 Å². The Hall–Kier alpha value is -4.13. The van der Waals surface area contributed by atoms with E-state index in [2.05, 4.69) is 10.3 Å². The molecule has 0 fully saturated rings. The molecule has 7 heteroatoms. The molecule has 1 amide bonds. The number of oxazole rings is 1. The lowest BCUT2D eigenvalue weighted by molar-refractivity contribution is 0.0951. The fraction of sp³-hybridized carbons (Fsp3) is 0.0833. The molecule has 6 nitrogen and oxygen atoms in total. The van der Waals surface area contributed by atoms with Crippen LogP contribution in [0.25, 0.3) is 22.8 Å². The summed E-state index contributed by atoms with van der Waals surface area (Å²) in [7, 11) is 0. The van der Waals surface area contributed by atoms with Gasteiger partial charge in [-0.3, -0.25) is 4.79 Å². The van der Waals surface area contributed by atoms with Crippen molar-refractivity contribution in [3.8, 4) is 34.3 Å². The van der Waals surface area contributed by atoms with Gasteiger partial charge in [-0.15, -0.1) is 0 Å². The molecule has 0 saturated heterocycles. The molecule has 4 aromatic rings. The van der Waals surface area contributed by atoms with Crippen LogP contribution in [0.15, 0.2) is 77.3 Å². The minimum atomic E-state index is -0.403. The van der Waals surface area contributed by atoms with Gasteiger partial charge < -0.3 is 19.2 Å². The highest BCUT2D eigenvalue weighted by Crippen LogP contribution is 2.33. The van der Waals surface area contributed by atoms with Gasteiger partial charge in [0, 0.05) is 12.1 Å². The van der Waals surface area contributed by atoms with Crippen LogP contribution in [-0.4, -0.2) is 17.7 Å². The zero-order chi connectivity index (χ0) is 21.2. The van der Waals surface area contributed by atoms with E-state index in [-0.39, 0.29) is 18.6 Å². The van der Waals surface area contributed by atoms with Gasteiger partial charge in [0.05, 0.1) is 17.3 Å². The third-order valence-corrected chi connectivity index (χ3v) is 4.94. The Morgan fingerprint density at radius 3 is 2.61 bits per heavy atom. The number of aromatic nitrogens is 1. The molecule has 0 spiro atoms. The number of nitrogens with zero attached hydrogens (tertiary/aromatic N) is 1. The summed E-state index contributed by atoms with van der Waals surface area (Å²) in [5, 5.41) is 2.90. The van der Waals surface area contributed by atoms with E-state index in [0.717, 1.165) is 5.56 Å². The molecular formula is C24H17FN2O4. The van der Waals surface area contributed by atoms with Crippen LogP contribution in [-0.2, 0) is 6.54 Å². The average Bonchev–Trinajstić information content (AvgIpc) is 3.47. The molecule has 3 aromatic carbocycles. The summed E-state index contributed by atoms with van der Waals surface area (Å²) < 4.78 is 30.5. The number of rotatable bonds is 5. The quantitative estimate of drug-likeness (QED) is 0.506. The first-order valence-electron chi connectivity index (χ1n) is 9.66. The van der Waals surface area contributed by atoms with Gasteiger partial charge in [-0.2, -0.15) is 0 Å². The molecule has 0 bridgehead atoms. The fourth-order valence-corrected chi connectivity index (χ4v) is 3.38. The second kappa shape index (κ2) is 7.95. The highest BCUT2D eigenvalue weighted by Gasteiger charge is 2.18. The van der Waals surface area contributed by atoms with Crippen molar-refractivity contribution in [3.05, 3.63) is 89.9 Å². The number of carbonyl (C=O) groups is 1. The summed E-state index contributed by atoms with van der Waals surface area (Å²) in [6.07, 6.45) is 1.45. The zero-order valence-corrected chi connectivity index (χ0v) is 16.3. The van der Waals surface area contributed by atoms with Crippen LogP contribution < -0.4 is 14.8 Å². The van der Waals surface area contributed by atoms with Crippen molar-refractivity contribution in [2.24, 2.45) is 0 Å². The van der Waals surface area contributed by atoms with Crippen molar-refractivity contribution in [2.75, 3.05) is 6.79 Å². The van der Waals surface area contributed by atoms with Crippen molar-refractivity contribution in [1.29, 1.82) is 0 Å². The molecule has 0 aliphatic carbocycles. The van der Waals surface area contributed by atoms with E-state index in [1.54, 1.807) is 42.5 Å². The normalized spacial score (nSPS) is 12.0. The summed E-state index contributed by atoms with van der Waals surface area (Å²) in [6.45, 7) is 0.513. The second-order valence-corrected chi connectivity index (χ2v) is 6.93. The van der Waals surface area contributed by atoms with Gasteiger partial charge >= 0.3 is 0 Å². The molecule has 0 atom stereocenters. The molecule has 1 aromatic heterocycles. The Bertz CT molecular complexity index is 1270. The predicted molar refractivity (Wildman–Crippen MR) is 111 cm³/mol. The maximum Gasteiger partial charge on any atom is 0.252 e. The minimum absolute atomic E-state index is 0.198. The number of carbonyl (C=O) groups excluding carboxylic acids is 1. The van der Waals surface area contributed by atoms with Crippen LogP contribution in [0.2, 0.25) is 0 Å². The lowest BCUT2D eigenvalue weighted by atomic mass is 10.1. The van der Waals surface area contributed by atoms with Crippen LogP contribution in [0.1, 0.15) is 15.9 Å². The Morgan fingerprint density at radius 1 is 0.968 bits per heavy atom. The number of hydrogen-bond donors (Lipinski definition) is 1. The molecule has 2 heterocycles. The highest BCUT2D eigenvalue weighted by atomic mass is 19.1. The van der Waals surface area contributed by atoms with E-state index in [1.165, 1.54) is 12.3 Å². The van der Waals surface area contributed by atoms with E-state index in [4.69, 9.17) is 13.9 Å². The van der Waals surface area contributed by atoms with Gasteiger partial charge in [0.25, 0.3) is 5.91 Å². The molecule has 0 unspecified atom stereocenters. The Kier molecular flexibility index (Phi) is 4.84. The van der Waals surface area contributed by atoms with Gasteiger partial charge in [0.15, 0.2) is 17.3 Å². The second-order valence-electron chi connectivity index (χ2n) is 6.93. The fourth-order valence-electron chi connectivity index (χ4n) is 3.38. The monoisotopic (exact) mass is 416 g/mol. The van der Waals surface area contributed by atoms with E-state index < -0.39 is 5.82 Å². The summed E-state index contributed by atoms with van der Waals surface area (Å²) in [5.41, 5.74) is 2.12. The van der Waals surface area contributed by atoms with Crippen molar-refractivity contribution in [2.45, 2.75) is 6.54 Å². The maximum absolute atomic E-state index is 14.1. The lowest BCUT2D eigenvalue weighted by Gasteiger charge is -2.09. The first-order chi connectivity index (χ1) is 15.2. The summed E-state index contributed by atoms with van der Waals surface area (Å²) in [5.74, 6) is 1.21. The molecule has 1 N–H and O–H groups in total. The molecular weight excluding hydrogens is 399 g/mol. The van der Waals surface area contributed by atoms with Crippen molar-refractivity contribution in [3.63, 3.8) is 0 Å². The first kappa shape index (κ1) is 18.9. The SMILES string of the molecule is O=C(NCc1ccc2c(c1)OCO2)c1ccccc1-c1ncc(-c2ccccc2F)o1. The number of fused-ring (bicyclic) bond motifs is 1. The van der Waals surface area contributed by atoms with Crippen LogP contribution in [0.3, 0.4) is 0 Å². The van der Waals surface area contributed by atoms with Crippen LogP contribution in [0.4, 0.5) is 4.39 Å². The highest BCUT2D eigenvalue weighted by molar-refractivity contribution is 6.00. The van der Waals surface area contributed by atoms with Crippen LogP contribution in [0.5, 0.6) is 11.5 Å². The predicted octanol–water partition coefficient (Wildman–Crippen LogP) is 4.81. The van der Waals surface area contributed by atoms with Gasteiger partial charge in [-0.1, -0.05) is 30.3 Å². The number of ether oxygens (including phenoxy) is 2. The van der Waals surface area contributed by atoms with E-state index in [1.807, 2.05) is 18.2 Å². The van der Waals surface area contributed by atoms with E-state index in [9.17, 15) is 9.18 Å². The zero-order valence-electron chi connectivity index (χ0n) is 16.3. The summed E-state index contributed by atoms with van der Waals surface area (Å²) in [6, 6.07) is 18.8. The molecule has 0 radical (unpaired) electrons. The van der Waals surface area contributed by atoms with Crippen LogP contribution >= 0.6 is 0 Å². The number of benzene rings is 3. The van der Waals surface area contributed by atoms with Crippen LogP contribution in [0, 0.1) is 5.82 Å². The minimum Gasteiger partial charge on any atom is -0.454 e. The smallest absolute Gasteiger partial charge is 0.252 e. The van der Waals surface area contributed by atoms with Crippen molar-refractivity contribution < 1.29 is 23.1 Å². The molecule has 5 rings (SSSR count). The maximum atomic E-state index is 14.1. The Balaban J connectivity index is 1.37. The Morgan fingerprint density at radius 2 is 1.74 bits per heavy atom. The van der Waals surface area contributed by atoms with Gasteiger partial charge in [-0.25, -0.2) is 9.37 Å². The number of amides is 1. The number of halogens is 1. The molecule has 1 aliphatic rings. The molecule has 1 aliphatic heterocycles. The number of hydrogen-bond acceptors (Lipinski definition) is 5. The van der Waals surface area contributed by atoms with Gasteiger partial charge in [0.1, 0.15) is 5.82 Å². The standard InChI is InChI=1S/C24H17FN2O4/c25-19-8-4-3-7-18(19)22-13-27-24(31-22)17-6-2-1-5-16(17)23(28)26-12-15-9-10-20-21(11-15)30-14-29-20/h1-11,13H,12,14H2,(H,26,28). The van der Waals surface area contributed by atoms with Crippen molar-refractivity contribution in [1.82, 2.24) is 10.3 Å². The summed E-state index contributed by atoms with van der Waals surface area (Å²) in [4.78, 5) is 17.1. The third kappa shape index (κ3) is 3.73.